The molecule has 10 heteroatoms. The number of phenolic OH excluding ortho intramolecular Hbond substituents is 1. The number of hydrogen-bond donors (Lipinski definition) is 2. The lowest BCUT2D eigenvalue weighted by Crippen LogP contribution is -2.66. The van der Waals surface area contributed by atoms with E-state index in [1.165, 1.54) is 0 Å². The highest BCUT2D eigenvalue weighted by Crippen LogP contribution is 2.52. The second-order valence-corrected chi connectivity index (χ2v) is 22.6. The highest BCUT2D eigenvalue weighted by Gasteiger charge is 2.55. The Hall–Kier alpha value is -4.59. The van der Waals surface area contributed by atoms with Gasteiger partial charge in [0.2, 0.25) is 0 Å². The maximum Gasteiger partial charge on any atom is 0.455 e. The van der Waals surface area contributed by atoms with Crippen LogP contribution in [0.15, 0.2) is 139 Å². The zero-order valence-corrected chi connectivity index (χ0v) is 37.6. The number of ketones is 2. The van der Waals surface area contributed by atoms with Crippen LogP contribution >= 0.6 is 22.6 Å². The van der Waals surface area contributed by atoms with Crippen molar-refractivity contribution in [2.24, 2.45) is 17.8 Å². The van der Waals surface area contributed by atoms with Crippen LogP contribution in [0.3, 0.4) is 0 Å². The number of carbonyl (C=O) groups excluding carboxylic acids is 2. The van der Waals surface area contributed by atoms with Crippen LogP contribution in [0.1, 0.15) is 71.9 Å². The van der Waals surface area contributed by atoms with Crippen molar-refractivity contribution < 1.29 is 33.5 Å². The second kappa shape index (κ2) is 17.4. The van der Waals surface area contributed by atoms with Crippen molar-refractivity contribution in [3.8, 4) is 11.5 Å². The van der Waals surface area contributed by atoms with Gasteiger partial charge in [-0.1, -0.05) is 142 Å². The van der Waals surface area contributed by atoms with Gasteiger partial charge in [-0.05, 0) is 109 Å². The fourth-order valence-corrected chi connectivity index (χ4v) is 15.2. The number of carbonyl (C=O) groups is 2. The van der Waals surface area contributed by atoms with Gasteiger partial charge < -0.3 is 23.9 Å². The summed E-state index contributed by atoms with van der Waals surface area (Å²) in [5.74, 6) is -1.18. The highest BCUT2D eigenvalue weighted by atomic mass is 127. The molecule has 2 aliphatic carbocycles. The average Bonchev–Trinajstić information content (AvgIpc) is 3.25. The lowest BCUT2D eigenvalue weighted by atomic mass is 9.54. The van der Waals surface area contributed by atoms with Crippen LogP contribution in [-0.2, 0) is 9.08 Å². The van der Waals surface area contributed by atoms with Crippen molar-refractivity contribution in [3.05, 3.63) is 164 Å². The summed E-state index contributed by atoms with van der Waals surface area (Å²) in [6.45, 7) is 7.01. The van der Waals surface area contributed by atoms with E-state index in [-0.39, 0.29) is 35.3 Å². The van der Waals surface area contributed by atoms with Crippen molar-refractivity contribution in [2.75, 3.05) is 13.7 Å². The molecule has 0 amide bonds. The summed E-state index contributed by atoms with van der Waals surface area (Å²) in [5.41, 5.74) is 5.84. The molecule has 5 aromatic rings. The van der Waals surface area contributed by atoms with Crippen molar-refractivity contribution in [1.29, 1.82) is 0 Å². The van der Waals surface area contributed by atoms with Crippen molar-refractivity contribution in [1.82, 2.24) is 0 Å². The smallest absolute Gasteiger partial charge is 0.455 e. The molecular weight excluding hydrogens is 878 g/mol. The summed E-state index contributed by atoms with van der Waals surface area (Å²) < 4.78 is 20.3. The van der Waals surface area contributed by atoms with Crippen LogP contribution in [0.25, 0.3) is 11.6 Å². The normalized spacial score (nSPS) is 20.7. The van der Waals surface area contributed by atoms with Crippen molar-refractivity contribution >= 4 is 71.6 Å². The van der Waals surface area contributed by atoms with Crippen LogP contribution in [-0.4, -0.2) is 57.0 Å². The van der Waals surface area contributed by atoms with E-state index in [2.05, 4.69) is 110 Å². The summed E-state index contributed by atoms with van der Waals surface area (Å²) >= 11 is 2.11. The van der Waals surface area contributed by atoms with E-state index in [9.17, 15) is 19.7 Å². The first-order valence-electron chi connectivity index (χ1n) is 20.7. The number of phenols is 1. The SMILES string of the molecule is COc1cc(/C=C(/CC[C@H]2OB(O)C[C@H]3C2=C(CO[Si](c2ccccc2)(c2ccccc2)C(C)(C)C)C[C@H]2C(=O)c4ccccc4C(=O)[C@H]23)c2ccccc2)cc(I)c1O. The summed E-state index contributed by atoms with van der Waals surface area (Å²) in [6, 6.07) is 42.1. The summed E-state index contributed by atoms with van der Waals surface area (Å²) in [7, 11) is -2.59. The first kappa shape index (κ1) is 42.1. The minimum Gasteiger partial charge on any atom is -0.504 e. The molecule has 8 rings (SSSR count). The molecule has 0 unspecified atom stereocenters. The molecule has 4 atom stereocenters. The highest BCUT2D eigenvalue weighted by molar-refractivity contribution is 14.1. The molecule has 1 heterocycles. The fourth-order valence-electron chi connectivity index (χ4n) is 10.0. The van der Waals surface area contributed by atoms with Gasteiger partial charge in [0.25, 0.3) is 8.32 Å². The molecule has 1 aliphatic heterocycles. The molecule has 1 saturated heterocycles. The Balaban J connectivity index is 1.24. The van der Waals surface area contributed by atoms with Gasteiger partial charge in [-0.2, -0.15) is 0 Å². The topological polar surface area (TPSA) is 102 Å². The molecule has 3 aliphatic rings. The first-order chi connectivity index (χ1) is 28.9. The van der Waals surface area contributed by atoms with Crippen LogP contribution in [0.5, 0.6) is 11.5 Å². The lowest BCUT2D eigenvalue weighted by molar-refractivity contribution is 0.0592. The van der Waals surface area contributed by atoms with E-state index >= 15 is 0 Å². The molecule has 0 aromatic heterocycles. The predicted octanol–water partition coefficient (Wildman–Crippen LogP) is 9.41. The number of halogens is 1. The molecule has 306 valence electrons. The molecule has 2 N–H and O–H groups in total. The van der Waals surface area contributed by atoms with E-state index in [4.69, 9.17) is 13.8 Å². The molecule has 7 nitrogen and oxygen atoms in total. The minimum atomic E-state index is -3.01. The number of methoxy groups -OCH3 is 1. The van der Waals surface area contributed by atoms with Gasteiger partial charge in [0.1, 0.15) is 0 Å². The van der Waals surface area contributed by atoms with Gasteiger partial charge >= 0.3 is 7.12 Å². The average molecular weight is 929 g/mol. The number of Topliss-reactive ketones (excluding diaryl/α,β-unsaturated/α-hetero) is 2. The predicted molar refractivity (Wildman–Crippen MR) is 249 cm³/mol. The van der Waals surface area contributed by atoms with Gasteiger partial charge in [0.05, 0.1) is 23.4 Å². The maximum absolute atomic E-state index is 14.6. The largest absolute Gasteiger partial charge is 0.504 e. The molecule has 0 spiro atoms. The third-order valence-corrected chi connectivity index (χ3v) is 18.5. The molecule has 0 saturated carbocycles. The Morgan fingerprint density at radius 1 is 0.850 bits per heavy atom. The zero-order valence-electron chi connectivity index (χ0n) is 34.4. The Morgan fingerprint density at radius 3 is 2.03 bits per heavy atom. The van der Waals surface area contributed by atoms with Gasteiger partial charge in [-0.15, -0.1) is 0 Å². The van der Waals surface area contributed by atoms with E-state index in [0.717, 1.165) is 38.2 Å². The molecule has 0 radical (unpaired) electrons. The molecule has 1 fully saturated rings. The Kier molecular flexibility index (Phi) is 12.2. The Bertz CT molecular complexity index is 2410. The summed E-state index contributed by atoms with van der Waals surface area (Å²) in [5, 5.41) is 24.1. The molecule has 60 heavy (non-hydrogen) atoms. The first-order valence-corrected chi connectivity index (χ1v) is 23.7. The van der Waals surface area contributed by atoms with Gasteiger partial charge in [-0.3, -0.25) is 9.59 Å². The zero-order chi connectivity index (χ0) is 42.2. The Labute approximate surface area is 367 Å². The molecular formula is C50H50BIO7Si. The third kappa shape index (κ3) is 7.88. The number of fused-ring (bicyclic) bond motifs is 4. The van der Waals surface area contributed by atoms with Crippen LogP contribution < -0.4 is 15.1 Å². The second-order valence-electron chi connectivity index (χ2n) is 17.2. The number of ether oxygens (including phenoxy) is 1. The number of rotatable bonds is 11. The van der Waals surface area contributed by atoms with Gasteiger partial charge in [0.15, 0.2) is 23.1 Å². The number of aromatic hydroxyl groups is 1. The van der Waals surface area contributed by atoms with Crippen LogP contribution in [0.2, 0.25) is 11.4 Å². The van der Waals surface area contributed by atoms with Crippen molar-refractivity contribution in [2.45, 2.75) is 57.5 Å². The van der Waals surface area contributed by atoms with Gasteiger partial charge in [-0.25, -0.2) is 0 Å². The monoisotopic (exact) mass is 928 g/mol. The fraction of sp³-hybridized carbons (Fsp3) is 0.280. The molecule has 5 aromatic carbocycles. The number of allylic oxidation sites excluding steroid dienone is 1. The minimum absolute atomic E-state index is 0.0250. The van der Waals surface area contributed by atoms with Crippen LogP contribution in [0, 0.1) is 21.3 Å². The van der Waals surface area contributed by atoms with E-state index in [0.29, 0.717) is 39.7 Å². The summed E-state index contributed by atoms with van der Waals surface area (Å²) in [4.78, 5) is 29.1. The van der Waals surface area contributed by atoms with Crippen molar-refractivity contribution in [3.63, 3.8) is 0 Å². The van der Waals surface area contributed by atoms with E-state index in [1.807, 2.05) is 54.6 Å². The van der Waals surface area contributed by atoms with Gasteiger partial charge in [0, 0.05) is 23.0 Å². The maximum atomic E-state index is 14.6. The Morgan fingerprint density at radius 2 is 1.43 bits per heavy atom. The quantitative estimate of drug-likeness (QED) is 0.0590. The van der Waals surface area contributed by atoms with Crippen LogP contribution in [0.4, 0.5) is 0 Å². The summed E-state index contributed by atoms with van der Waals surface area (Å²) in [6.07, 6.45) is 3.23. The van der Waals surface area contributed by atoms with E-state index in [1.54, 1.807) is 19.2 Å². The standard InChI is InChI=1S/C50H50BIO7Si/c1-50(2,3)60(36-18-10-6-11-19-36,37-20-12-7-13-21-37)58-31-35-29-40-46(48(54)39-23-15-14-22-38(39)47(40)53)41-30-51(56)59-43(45(35)41)25-24-34(33-16-8-5-9-17-33)26-32-27-42(52)49(55)44(28-32)57-4/h5-23,26-28,40-41,43,46,55-56H,24-25,29-31H2,1-4H3/b34-26-/t40-,41+,43-,46-/m1/s1. The number of hydrogen-bond acceptors (Lipinski definition) is 7. The number of benzene rings is 5. The lowest BCUT2D eigenvalue weighted by Gasteiger charge is -2.48. The third-order valence-electron chi connectivity index (χ3n) is 12.7. The molecule has 0 bridgehead atoms. The van der Waals surface area contributed by atoms with E-state index < -0.39 is 39.3 Å².